The number of ketones is 1. The highest BCUT2D eigenvalue weighted by molar-refractivity contribution is 6.10. The molecule has 134 valence electrons. The molecule has 25 heavy (non-hydrogen) atoms. The Bertz CT molecular complexity index is 741. The summed E-state index contributed by atoms with van der Waals surface area (Å²) < 4.78 is 5.33. The molecule has 1 aliphatic carbocycles. The van der Waals surface area contributed by atoms with Crippen molar-refractivity contribution in [1.82, 2.24) is 9.97 Å². The molecule has 1 fully saturated rings. The van der Waals surface area contributed by atoms with Crippen LogP contribution in [0, 0.1) is 11.8 Å². The van der Waals surface area contributed by atoms with Crippen LogP contribution >= 0.6 is 0 Å². The van der Waals surface area contributed by atoms with Crippen LogP contribution in [-0.4, -0.2) is 26.9 Å². The molecule has 6 heteroatoms. The molecule has 2 heterocycles. The first kappa shape index (κ1) is 17.6. The summed E-state index contributed by atoms with van der Waals surface area (Å²) in [4.78, 5) is 21.0. The zero-order valence-electron chi connectivity index (χ0n) is 14.9. The second kappa shape index (κ2) is 7.35. The van der Waals surface area contributed by atoms with Gasteiger partial charge in [-0.25, -0.2) is 9.97 Å². The Balaban J connectivity index is 1.80. The van der Waals surface area contributed by atoms with Gasteiger partial charge < -0.3 is 14.8 Å². The molecule has 4 atom stereocenters. The quantitative estimate of drug-likeness (QED) is 0.779. The molecule has 0 bridgehead atoms. The summed E-state index contributed by atoms with van der Waals surface area (Å²) in [5, 5.41) is 13.0. The Labute approximate surface area is 147 Å². The SMILES string of the molecule is CC[C@H]1C[C@@H](Nc2ncncc2C(=O)c2cc(C(C)O)co2)C[C@@H]1C. The molecule has 2 aromatic rings. The third-order valence-corrected chi connectivity index (χ3v) is 5.20. The van der Waals surface area contributed by atoms with Gasteiger partial charge in [0, 0.05) is 17.8 Å². The Morgan fingerprint density at radius 2 is 2.28 bits per heavy atom. The van der Waals surface area contributed by atoms with E-state index in [1.165, 1.54) is 25.2 Å². The minimum atomic E-state index is -0.680. The number of carbonyl (C=O) groups is 1. The van der Waals surface area contributed by atoms with E-state index in [1.54, 1.807) is 13.0 Å². The van der Waals surface area contributed by atoms with Crippen LogP contribution in [0.4, 0.5) is 5.82 Å². The van der Waals surface area contributed by atoms with E-state index in [1.807, 2.05) is 0 Å². The number of hydrogen-bond donors (Lipinski definition) is 2. The number of nitrogens with one attached hydrogen (secondary N) is 1. The van der Waals surface area contributed by atoms with Crippen molar-refractivity contribution >= 4 is 11.6 Å². The van der Waals surface area contributed by atoms with Crippen LogP contribution in [0.3, 0.4) is 0 Å². The zero-order valence-corrected chi connectivity index (χ0v) is 14.9. The highest BCUT2D eigenvalue weighted by Gasteiger charge is 2.31. The second-order valence-electron chi connectivity index (χ2n) is 6.99. The lowest BCUT2D eigenvalue weighted by Crippen LogP contribution is -2.19. The number of anilines is 1. The number of aliphatic hydroxyl groups excluding tert-OH is 1. The molecule has 0 saturated heterocycles. The number of furan rings is 1. The number of hydrogen-bond acceptors (Lipinski definition) is 6. The lowest BCUT2D eigenvalue weighted by atomic mass is 9.96. The Morgan fingerprint density at radius 3 is 2.92 bits per heavy atom. The Morgan fingerprint density at radius 1 is 1.48 bits per heavy atom. The minimum absolute atomic E-state index is 0.181. The molecule has 0 aromatic carbocycles. The number of carbonyl (C=O) groups excluding carboxylic acids is 1. The number of rotatable bonds is 6. The monoisotopic (exact) mass is 343 g/mol. The maximum atomic E-state index is 12.8. The molecule has 2 N–H and O–H groups in total. The fraction of sp³-hybridized carbons (Fsp3) is 0.526. The first-order valence-electron chi connectivity index (χ1n) is 8.87. The molecule has 0 spiro atoms. The predicted octanol–water partition coefficient (Wildman–Crippen LogP) is 3.59. The molecule has 1 aliphatic rings. The highest BCUT2D eigenvalue weighted by atomic mass is 16.3. The first-order chi connectivity index (χ1) is 12.0. The lowest BCUT2D eigenvalue weighted by molar-refractivity contribution is 0.101. The Kier molecular flexibility index (Phi) is 5.18. The van der Waals surface area contributed by atoms with E-state index >= 15 is 0 Å². The molecule has 0 aliphatic heterocycles. The molecule has 1 saturated carbocycles. The summed E-state index contributed by atoms with van der Waals surface area (Å²) in [6, 6.07) is 1.88. The Hall–Kier alpha value is -2.21. The standard InChI is InChI=1S/C19H25N3O3/c1-4-13-6-15(5-11(13)2)22-19-16(8-20-10-21-19)18(24)17-7-14(9-25-17)12(3)23/h7-13,15,23H,4-6H2,1-3H3,(H,20,21,22)/t11-,12?,13-,15-/m0/s1. The summed E-state index contributed by atoms with van der Waals surface area (Å²) in [5.74, 6) is 1.82. The third-order valence-electron chi connectivity index (χ3n) is 5.20. The maximum absolute atomic E-state index is 12.8. The zero-order chi connectivity index (χ0) is 18.0. The van der Waals surface area contributed by atoms with E-state index in [-0.39, 0.29) is 11.5 Å². The number of aliphatic hydroxyl groups is 1. The van der Waals surface area contributed by atoms with Crippen molar-refractivity contribution in [1.29, 1.82) is 0 Å². The van der Waals surface area contributed by atoms with Gasteiger partial charge >= 0.3 is 0 Å². The van der Waals surface area contributed by atoms with Crippen LogP contribution in [0.15, 0.2) is 29.3 Å². The molecule has 2 aromatic heterocycles. The van der Waals surface area contributed by atoms with Gasteiger partial charge in [0.15, 0.2) is 5.76 Å². The largest absolute Gasteiger partial charge is 0.460 e. The van der Waals surface area contributed by atoms with Crippen LogP contribution in [-0.2, 0) is 0 Å². The average molecular weight is 343 g/mol. The van der Waals surface area contributed by atoms with Gasteiger partial charge in [-0.05, 0) is 37.7 Å². The number of aromatic nitrogens is 2. The van der Waals surface area contributed by atoms with Gasteiger partial charge in [0.2, 0.25) is 5.78 Å². The minimum Gasteiger partial charge on any atom is -0.460 e. The van der Waals surface area contributed by atoms with Gasteiger partial charge in [-0.3, -0.25) is 4.79 Å². The average Bonchev–Trinajstić information content (AvgIpc) is 3.21. The van der Waals surface area contributed by atoms with Crippen LogP contribution in [0.25, 0.3) is 0 Å². The van der Waals surface area contributed by atoms with Crippen molar-refractivity contribution in [2.45, 2.75) is 52.2 Å². The van der Waals surface area contributed by atoms with Crippen molar-refractivity contribution in [2.24, 2.45) is 11.8 Å². The van der Waals surface area contributed by atoms with E-state index < -0.39 is 6.10 Å². The second-order valence-corrected chi connectivity index (χ2v) is 6.99. The van der Waals surface area contributed by atoms with Gasteiger partial charge in [0.1, 0.15) is 12.1 Å². The smallest absolute Gasteiger partial charge is 0.233 e. The van der Waals surface area contributed by atoms with E-state index in [9.17, 15) is 9.90 Å². The van der Waals surface area contributed by atoms with Crippen molar-refractivity contribution < 1.29 is 14.3 Å². The lowest BCUT2D eigenvalue weighted by Gasteiger charge is -2.15. The fourth-order valence-electron chi connectivity index (χ4n) is 3.65. The molecule has 1 unspecified atom stereocenters. The van der Waals surface area contributed by atoms with E-state index in [0.717, 1.165) is 12.8 Å². The molecule has 3 rings (SSSR count). The summed E-state index contributed by atoms with van der Waals surface area (Å²) in [5.41, 5.74) is 0.965. The van der Waals surface area contributed by atoms with Crippen LogP contribution in [0.1, 0.15) is 67.8 Å². The topological polar surface area (TPSA) is 88.2 Å². The van der Waals surface area contributed by atoms with Crippen LogP contribution in [0.2, 0.25) is 0 Å². The fourth-order valence-corrected chi connectivity index (χ4v) is 3.65. The van der Waals surface area contributed by atoms with E-state index in [2.05, 4.69) is 29.1 Å². The summed E-state index contributed by atoms with van der Waals surface area (Å²) in [7, 11) is 0. The summed E-state index contributed by atoms with van der Waals surface area (Å²) >= 11 is 0. The molecular formula is C19H25N3O3. The number of nitrogens with zero attached hydrogens (tertiary/aromatic N) is 2. The third kappa shape index (κ3) is 3.74. The normalized spacial score (nSPS) is 24.2. The van der Waals surface area contributed by atoms with Gasteiger partial charge in [-0.2, -0.15) is 0 Å². The van der Waals surface area contributed by atoms with Crippen molar-refractivity contribution in [3.63, 3.8) is 0 Å². The van der Waals surface area contributed by atoms with Gasteiger partial charge in [-0.15, -0.1) is 0 Å². The summed E-state index contributed by atoms with van der Waals surface area (Å²) in [6.07, 6.45) is 7.00. The van der Waals surface area contributed by atoms with E-state index in [4.69, 9.17) is 4.42 Å². The first-order valence-corrected chi connectivity index (χ1v) is 8.87. The molecule has 6 nitrogen and oxygen atoms in total. The maximum Gasteiger partial charge on any atom is 0.233 e. The van der Waals surface area contributed by atoms with Crippen LogP contribution < -0.4 is 5.32 Å². The van der Waals surface area contributed by atoms with Crippen LogP contribution in [0.5, 0.6) is 0 Å². The van der Waals surface area contributed by atoms with Gasteiger partial charge in [0.05, 0.1) is 17.9 Å². The van der Waals surface area contributed by atoms with Crippen molar-refractivity contribution in [2.75, 3.05) is 5.32 Å². The summed E-state index contributed by atoms with van der Waals surface area (Å²) in [6.45, 7) is 6.13. The van der Waals surface area contributed by atoms with Crippen molar-refractivity contribution in [3.05, 3.63) is 41.7 Å². The predicted molar refractivity (Wildman–Crippen MR) is 94.4 cm³/mol. The highest BCUT2D eigenvalue weighted by Crippen LogP contribution is 2.35. The molecular weight excluding hydrogens is 318 g/mol. The van der Waals surface area contributed by atoms with Gasteiger partial charge in [-0.1, -0.05) is 20.3 Å². The molecule has 0 radical (unpaired) electrons. The molecule has 0 amide bonds. The van der Waals surface area contributed by atoms with Gasteiger partial charge in [0.25, 0.3) is 0 Å². The van der Waals surface area contributed by atoms with E-state index in [0.29, 0.717) is 34.8 Å². The van der Waals surface area contributed by atoms with Crippen molar-refractivity contribution in [3.8, 4) is 0 Å².